The van der Waals surface area contributed by atoms with Crippen molar-refractivity contribution < 1.29 is 0 Å². The molecule has 0 atom stereocenters. The van der Waals surface area contributed by atoms with Gasteiger partial charge in [-0.1, -0.05) is 33.3 Å². The third-order valence-corrected chi connectivity index (χ3v) is 1.27. The quantitative estimate of drug-likeness (QED) is 0.580. The number of rotatable bonds is 5. The van der Waals surface area contributed by atoms with E-state index in [2.05, 4.69) is 38.4 Å². The molecular weight excluding hydrogens is 122 g/mol. The average Bonchev–Trinajstić information content (AvgIpc) is 1.87. The van der Waals surface area contributed by atoms with E-state index >= 15 is 0 Å². The summed E-state index contributed by atoms with van der Waals surface area (Å²) < 4.78 is 0. The first-order valence-corrected chi connectivity index (χ1v) is 4.17. The standard InChI is InChI=1S/C9H19N/c1-4-5-7-10-8-6-9(2)3/h6,8-10H,4-5,7H2,1-3H3/b8-6+. The number of hydrogen-bond donors (Lipinski definition) is 1. The maximum absolute atomic E-state index is 3.24. The largest absolute Gasteiger partial charge is 0.391 e. The molecule has 0 rings (SSSR count). The van der Waals surface area contributed by atoms with E-state index in [4.69, 9.17) is 0 Å². The molecule has 1 heteroatoms. The van der Waals surface area contributed by atoms with Crippen molar-refractivity contribution in [2.45, 2.75) is 33.6 Å². The number of unbranched alkanes of at least 4 members (excludes halogenated alkanes) is 1. The Bertz CT molecular complexity index is 84.7. The second-order valence-electron chi connectivity index (χ2n) is 2.91. The summed E-state index contributed by atoms with van der Waals surface area (Å²) in [6.07, 6.45) is 6.76. The minimum Gasteiger partial charge on any atom is -0.391 e. The van der Waals surface area contributed by atoms with Gasteiger partial charge in [0.2, 0.25) is 0 Å². The fourth-order valence-corrected chi connectivity index (χ4v) is 0.623. The number of nitrogens with one attached hydrogen (secondary N) is 1. The highest BCUT2D eigenvalue weighted by molar-refractivity contribution is 4.81. The lowest BCUT2D eigenvalue weighted by atomic mass is 10.2. The summed E-state index contributed by atoms with van der Waals surface area (Å²) in [4.78, 5) is 0. The first-order valence-electron chi connectivity index (χ1n) is 4.17. The molecule has 0 spiro atoms. The van der Waals surface area contributed by atoms with Gasteiger partial charge in [-0.25, -0.2) is 0 Å². The second-order valence-corrected chi connectivity index (χ2v) is 2.91. The molecule has 0 heterocycles. The molecule has 1 nitrogen and oxygen atoms in total. The van der Waals surface area contributed by atoms with E-state index < -0.39 is 0 Å². The van der Waals surface area contributed by atoms with Crippen LogP contribution in [0.25, 0.3) is 0 Å². The lowest BCUT2D eigenvalue weighted by Crippen LogP contribution is -2.06. The molecule has 1 N–H and O–H groups in total. The van der Waals surface area contributed by atoms with E-state index in [1.807, 2.05) is 0 Å². The average molecular weight is 141 g/mol. The Morgan fingerprint density at radius 2 is 2.10 bits per heavy atom. The van der Waals surface area contributed by atoms with Crippen LogP contribution in [0.5, 0.6) is 0 Å². The van der Waals surface area contributed by atoms with Gasteiger partial charge in [-0.3, -0.25) is 0 Å². The Morgan fingerprint density at radius 3 is 2.60 bits per heavy atom. The molecule has 0 aliphatic heterocycles. The van der Waals surface area contributed by atoms with Crippen LogP contribution in [0.2, 0.25) is 0 Å². The Balaban J connectivity index is 3.02. The van der Waals surface area contributed by atoms with Crippen LogP contribution < -0.4 is 5.32 Å². The van der Waals surface area contributed by atoms with Gasteiger partial charge in [0.05, 0.1) is 0 Å². The van der Waals surface area contributed by atoms with Gasteiger partial charge in [0.15, 0.2) is 0 Å². The van der Waals surface area contributed by atoms with E-state index in [1.165, 1.54) is 12.8 Å². The van der Waals surface area contributed by atoms with Crippen LogP contribution in [-0.2, 0) is 0 Å². The first kappa shape index (κ1) is 9.54. The first-order chi connectivity index (χ1) is 4.77. The summed E-state index contributed by atoms with van der Waals surface area (Å²) in [7, 11) is 0. The van der Waals surface area contributed by atoms with Gasteiger partial charge in [0, 0.05) is 6.54 Å². The molecule has 0 bridgehead atoms. The molecule has 10 heavy (non-hydrogen) atoms. The molecule has 0 aromatic carbocycles. The van der Waals surface area contributed by atoms with Crippen molar-refractivity contribution in [2.24, 2.45) is 5.92 Å². The van der Waals surface area contributed by atoms with Crippen molar-refractivity contribution in [1.29, 1.82) is 0 Å². The molecule has 60 valence electrons. The SMILES string of the molecule is CCCCN/C=C/C(C)C. The Morgan fingerprint density at radius 1 is 1.40 bits per heavy atom. The summed E-state index contributed by atoms with van der Waals surface area (Å²) in [6.45, 7) is 7.67. The second kappa shape index (κ2) is 6.66. The fraction of sp³-hybridized carbons (Fsp3) is 0.778. The van der Waals surface area contributed by atoms with Gasteiger partial charge in [0.1, 0.15) is 0 Å². The maximum Gasteiger partial charge on any atom is 0.0141 e. The van der Waals surface area contributed by atoms with E-state index in [0.717, 1.165) is 6.54 Å². The van der Waals surface area contributed by atoms with E-state index in [-0.39, 0.29) is 0 Å². The maximum atomic E-state index is 3.24. The third kappa shape index (κ3) is 7.54. The highest BCUT2D eigenvalue weighted by atomic mass is 14.8. The lowest BCUT2D eigenvalue weighted by molar-refractivity contribution is 0.726. The zero-order valence-corrected chi connectivity index (χ0v) is 7.35. The topological polar surface area (TPSA) is 12.0 Å². The molecule has 0 aromatic rings. The summed E-state index contributed by atoms with van der Waals surface area (Å²) >= 11 is 0. The molecule has 0 saturated heterocycles. The van der Waals surface area contributed by atoms with E-state index in [0.29, 0.717) is 5.92 Å². The van der Waals surface area contributed by atoms with Crippen LogP contribution in [0.1, 0.15) is 33.6 Å². The van der Waals surface area contributed by atoms with Crippen molar-refractivity contribution in [3.8, 4) is 0 Å². The fourth-order valence-electron chi connectivity index (χ4n) is 0.623. The molecule has 0 fully saturated rings. The Hall–Kier alpha value is -0.460. The predicted molar refractivity (Wildman–Crippen MR) is 46.9 cm³/mol. The molecule has 0 aliphatic carbocycles. The normalized spacial score (nSPS) is 11.2. The van der Waals surface area contributed by atoms with Crippen molar-refractivity contribution >= 4 is 0 Å². The number of allylic oxidation sites excluding steroid dienone is 1. The predicted octanol–water partition coefficient (Wildman–Crippen LogP) is 2.55. The summed E-state index contributed by atoms with van der Waals surface area (Å²) in [5.41, 5.74) is 0. The van der Waals surface area contributed by atoms with Crippen LogP contribution in [0.3, 0.4) is 0 Å². The molecule has 0 unspecified atom stereocenters. The lowest BCUT2D eigenvalue weighted by Gasteiger charge is -1.98. The van der Waals surface area contributed by atoms with Gasteiger partial charge in [-0.15, -0.1) is 0 Å². The third-order valence-electron chi connectivity index (χ3n) is 1.27. The van der Waals surface area contributed by atoms with Crippen LogP contribution in [-0.4, -0.2) is 6.54 Å². The molecule has 0 aliphatic rings. The van der Waals surface area contributed by atoms with Crippen molar-refractivity contribution in [3.63, 3.8) is 0 Å². The highest BCUT2D eigenvalue weighted by Gasteiger charge is 1.82. The van der Waals surface area contributed by atoms with Gasteiger partial charge < -0.3 is 5.32 Å². The zero-order chi connectivity index (χ0) is 7.82. The van der Waals surface area contributed by atoms with E-state index in [9.17, 15) is 0 Å². The van der Waals surface area contributed by atoms with Crippen molar-refractivity contribution in [1.82, 2.24) is 5.32 Å². The summed E-state index contributed by atoms with van der Waals surface area (Å²) in [5, 5.41) is 3.24. The minimum absolute atomic E-state index is 0.661. The van der Waals surface area contributed by atoms with Crippen LogP contribution >= 0.6 is 0 Å². The van der Waals surface area contributed by atoms with Crippen LogP contribution in [0.4, 0.5) is 0 Å². The van der Waals surface area contributed by atoms with Gasteiger partial charge >= 0.3 is 0 Å². The van der Waals surface area contributed by atoms with Crippen LogP contribution in [0.15, 0.2) is 12.3 Å². The van der Waals surface area contributed by atoms with Crippen molar-refractivity contribution in [3.05, 3.63) is 12.3 Å². The molecular formula is C9H19N. The van der Waals surface area contributed by atoms with E-state index in [1.54, 1.807) is 0 Å². The molecule has 0 amide bonds. The Kier molecular flexibility index (Phi) is 6.35. The van der Waals surface area contributed by atoms with Crippen LogP contribution in [0, 0.1) is 5.92 Å². The summed E-state index contributed by atoms with van der Waals surface area (Å²) in [6, 6.07) is 0. The highest BCUT2D eigenvalue weighted by Crippen LogP contribution is 1.91. The van der Waals surface area contributed by atoms with Gasteiger partial charge in [-0.05, 0) is 18.5 Å². The number of hydrogen-bond acceptors (Lipinski definition) is 1. The molecule has 0 saturated carbocycles. The Labute approximate surface area is 64.5 Å². The zero-order valence-electron chi connectivity index (χ0n) is 7.35. The monoisotopic (exact) mass is 141 g/mol. The van der Waals surface area contributed by atoms with Gasteiger partial charge in [0.25, 0.3) is 0 Å². The van der Waals surface area contributed by atoms with Gasteiger partial charge in [-0.2, -0.15) is 0 Å². The minimum atomic E-state index is 0.661. The molecule has 0 aromatic heterocycles. The summed E-state index contributed by atoms with van der Waals surface area (Å²) in [5.74, 6) is 0.661. The van der Waals surface area contributed by atoms with Crippen molar-refractivity contribution in [2.75, 3.05) is 6.54 Å². The molecule has 0 radical (unpaired) electrons. The smallest absolute Gasteiger partial charge is 0.0141 e.